The molecule has 1 aliphatic heterocycles. The average molecular weight is 287 g/mol. The second kappa shape index (κ2) is 5.61. The van der Waals surface area contributed by atoms with Gasteiger partial charge in [0.1, 0.15) is 18.5 Å². The van der Waals surface area contributed by atoms with Crippen LogP contribution in [0.15, 0.2) is 22.9 Å². The number of rotatable bonds is 3. The van der Waals surface area contributed by atoms with Gasteiger partial charge in [-0.3, -0.25) is 4.98 Å². The van der Waals surface area contributed by atoms with Gasteiger partial charge in [0.15, 0.2) is 0 Å². The first-order valence-electron chi connectivity index (χ1n) is 5.34. The standard InChI is InChI=1S/C11H15BrN2O2/c1-8-4-14-5-9(16-8)7-15-11-2-3-13-6-10(11)12/h2-3,6,8-9,14H,4-5,7H2,1H3. The van der Waals surface area contributed by atoms with Crippen molar-refractivity contribution in [1.29, 1.82) is 0 Å². The van der Waals surface area contributed by atoms with Gasteiger partial charge >= 0.3 is 0 Å². The molecule has 1 saturated heterocycles. The lowest BCUT2D eigenvalue weighted by Crippen LogP contribution is -2.45. The fraction of sp³-hybridized carbons (Fsp3) is 0.545. The molecular formula is C11H15BrN2O2. The number of nitrogens with zero attached hydrogens (tertiary/aromatic N) is 1. The van der Waals surface area contributed by atoms with Crippen LogP contribution in [0.4, 0.5) is 0 Å². The normalized spacial score (nSPS) is 25.4. The topological polar surface area (TPSA) is 43.4 Å². The van der Waals surface area contributed by atoms with Crippen LogP contribution in [0.2, 0.25) is 0 Å². The molecule has 16 heavy (non-hydrogen) atoms. The van der Waals surface area contributed by atoms with Crippen LogP contribution in [-0.2, 0) is 4.74 Å². The molecule has 5 heteroatoms. The van der Waals surface area contributed by atoms with Gasteiger partial charge in [0.2, 0.25) is 0 Å². The molecule has 0 amide bonds. The van der Waals surface area contributed by atoms with E-state index >= 15 is 0 Å². The summed E-state index contributed by atoms with van der Waals surface area (Å²) in [5.74, 6) is 0.803. The molecule has 1 aromatic rings. The first kappa shape index (κ1) is 11.8. The Kier molecular flexibility index (Phi) is 4.15. The van der Waals surface area contributed by atoms with Crippen molar-refractivity contribution in [2.45, 2.75) is 19.1 Å². The number of morpholine rings is 1. The number of halogens is 1. The summed E-state index contributed by atoms with van der Waals surface area (Å²) >= 11 is 3.39. The Morgan fingerprint density at radius 3 is 3.25 bits per heavy atom. The third kappa shape index (κ3) is 3.17. The molecular weight excluding hydrogens is 272 g/mol. The number of hydrogen-bond donors (Lipinski definition) is 1. The molecule has 1 fully saturated rings. The molecule has 1 N–H and O–H groups in total. The second-order valence-electron chi connectivity index (χ2n) is 3.84. The molecule has 2 rings (SSSR count). The molecule has 0 aliphatic carbocycles. The average Bonchev–Trinajstić information content (AvgIpc) is 2.28. The Balaban J connectivity index is 1.85. The third-order valence-electron chi connectivity index (χ3n) is 2.39. The summed E-state index contributed by atoms with van der Waals surface area (Å²) in [5.41, 5.74) is 0. The van der Waals surface area contributed by atoms with Crippen LogP contribution in [0.25, 0.3) is 0 Å². The van der Waals surface area contributed by atoms with E-state index in [1.165, 1.54) is 0 Å². The van der Waals surface area contributed by atoms with Gasteiger partial charge in [0.05, 0.1) is 10.6 Å². The molecule has 88 valence electrons. The van der Waals surface area contributed by atoms with Crippen molar-refractivity contribution in [3.8, 4) is 5.75 Å². The molecule has 0 saturated carbocycles. The van der Waals surface area contributed by atoms with Gasteiger partial charge in [-0.25, -0.2) is 0 Å². The van der Waals surface area contributed by atoms with Gasteiger partial charge in [-0.15, -0.1) is 0 Å². The summed E-state index contributed by atoms with van der Waals surface area (Å²) in [6, 6.07) is 1.84. The van der Waals surface area contributed by atoms with E-state index < -0.39 is 0 Å². The summed E-state index contributed by atoms with van der Waals surface area (Å²) < 4.78 is 12.3. The zero-order valence-electron chi connectivity index (χ0n) is 9.15. The summed E-state index contributed by atoms with van der Waals surface area (Å²) in [6.07, 6.45) is 3.80. The van der Waals surface area contributed by atoms with Gasteiger partial charge in [0, 0.05) is 25.5 Å². The number of pyridine rings is 1. The van der Waals surface area contributed by atoms with Crippen molar-refractivity contribution in [2.75, 3.05) is 19.7 Å². The molecule has 4 nitrogen and oxygen atoms in total. The smallest absolute Gasteiger partial charge is 0.136 e. The number of hydrogen-bond acceptors (Lipinski definition) is 4. The van der Waals surface area contributed by atoms with Crippen LogP contribution in [0.1, 0.15) is 6.92 Å². The summed E-state index contributed by atoms with van der Waals surface area (Å²) in [6.45, 7) is 4.37. The molecule has 0 radical (unpaired) electrons. The molecule has 2 heterocycles. The zero-order valence-corrected chi connectivity index (χ0v) is 10.7. The van der Waals surface area contributed by atoms with Crippen molar-refractivity contribution in [3.63, 3.8) is 0 Å². The van der Waals surface area contributed by atoms with E-state index in [0.29, 0.717) is 6.61 Å². The molecule has 1 aliphatic rings. The maximum Gasteiger partial charge on any atom is 0.136 e. The van der Waals surface area contributed by atoms with Crippen LogP contribution in [0.5, 0.6) is 5.75 Å². The first-order chi connectivity index (χ1) is 7.75. The zero-order chi connectivity index (χ0) is 11.4. The van der Waals surface area contributed by atoms with Gasteiger partial charge in [-0.2, -0.15) is 0 Å². The molecule has 1 aromatic heterocycles. The molecule has 0 aromatic carbocycles. The van der Waals surface area contributed by atoms with Crippen LogP contribution >= 0.6 is 15.9 Å². The van der Waals surface area contributed by atoms with E-state index in [4.69, 9.17) is 9.47 Å². The molecule has 2 atom stereocenters. The molecule has 0 bridgehead atoms. The SMILES string of the molecule is CC1CNCC(COc2ccncc2Br)O1. The van der Waals surface area contributed by atoms with E-state index in [1.54, 1.807) is 12.4 Å². The highest BCUT2D eigenvalue weighted by Gasteiger charge is 2.19. The van der Waals surface area contributed by atoms with E-state index in [-0.39, 0.29) is 12.2 Å². The second-order valence-corrected chi connectivity index (χ2v) is 4.70. The van der Waals surface area contributed by atoms with Gasteiger partial charge < -0.3 is 14.8 Å². The van der Waals surface area contributed by atoms with Crippen LogP contribution < -0.4 is 10.1 Å². The molecule has 0 spiro atoms. The van der Waals surface area contributed by atoms with Crippen molar-refractivity contribution in [2.24, 2.45) is 0 Å². The maximum atomic E-state index is 5.73. The van der Waals surface area contributed by atoms with Gasteiger partial charge in [0.25, 0.3) is 0 Å². The Labute approximate surface area is 103 Å². The third-order valence-corrected chi connectivity index (χ3v) is 2.98. The Bertz CT molecular complexity index is 349. The maximum absolute atomic E-state index is 5.73. The highest BCUT2D eigenvalue weighted by Crippen LogP contribution is 2.22. The number of nitrogens with one attached hydrogen (secondary N) is 1. The fourth-order valence-corrected chi connectivity index (χ4v) is 2.00. The minimum atomic E-state index is 0.115. The van der Waals surface area contributed by atoms with Crippen LogP contribution in [0, 0.1) is 0 Å². The lowest BCUT2D eigenvalue weighted by Gasteiger charge is -2.28. The predicted octanol–water partition coefficient (Wildman–Crippen LogP) is 1.60. The lowest BCUT2D eigenvalue weighted by atomic mass is 10.2. The monoisotopic (exact) mass is 286 g/mol. The largest absolute Gasteiger partial charge is 0.490 e. The van der Waals surface area contributed by atoms with Crippen LogP contribution in [-0.4, -0.2) is 36.9 Å². The van der Waals surface area contributed by atoms with E-state index in [1.807, 2.05) is 6.07 Å². The van der Waals surface area contributed by atoms with Crippen molar-refractivity contribution < 1.29 is 9.47 Å². The highest BCUT2D eigenvalue weighted by molar-refractivity contribution is 9.10. The quantitative estimate of drug-likeness (QED) is 0.917. The van der Waals surface area contributed by atoms with E-state index in [0.717, 1.165) is 23.3 Å². The lowest BCUT2D eigenvalue weighted by molar-refractivity contribution is -0.0471. The summed E-state index contributed by atoms with van der Waals surface area (Å²) in [5, 5.41) is 3.31. The molecule has 2 unspecified atom stereocenters. The van der Waals surface area contributed by atoms with Crippen molar-refractivity contribution in [3.05, 3.63) is 22.9 Å². The number of aromatic nitrogens is 1. The van der Waals surface area contributed by atoms with Gasteiger partial charge in [-0.1, -0.05) is 0 Å². The Hall–Kier alpha value is -0.650. The Morgan fingerprint density at radius 2 is 2.50 bits per heavy atom. The minimum absolute atomic E-state index is 0.115. The van der Waals surface area contributed by atoms with E-state index in [9.17, 15) is 0 Å². The fourth-order valence-electron chi connectivity index (χ4n) is 1.63. The highest BCUT2D eigenvalue weighted by atomic mass is 79.9. The predicted molar refractivity (Wildman–Crippen MR) is 64.6 cm³/mol. The van der Waals surface area contributed by atoms with Crippen LogP contribution in [0.3, 0.4) is 0 Å². The van der Waals surface area contributed by atoms with Crippen molar-refractivity contribution >= 4 is 15.9 Å². The minimum Gasteiger partial charge on any atom is -0.490 e. The number of ether oxygens (including phenoxy) is 2. The summed E-state index contributed by atoms with van der Waals surface area (Å²) in [4.78, 5) is 3.98. The van der Waals surface area contributed by atoms with Gasteiger partial charge in [-0.05, 0) is 28.9 Å². The van der Waals surface area contributed by atoms with E-state index in [2.05, 4.69) is 33.2 Å². The summed E-state index contributed by atoms with van der Waals surface area (Å²) in [7, 11) is 0. The Morgan fingerprint density at radius 1 is 1.62 bits per heavy atom. The first-order valence-corrected chi connectivity index (χ1v) is 6.13. The van der Waals surface area contributed by atoms with Crippen molar-refractivity contribution in [1.82, 2.24) is 10.3 Å².